The van der Waals surface area contributed by atoms with Gasteiger partial charge in [-0.1, -0.05) is 0 Å². The topological polar surface area (TPSA) is 65.9 Å². The standard InChI is InChI=1S/C10H13BrN4/c1-7(3-12)6-15(2)10-8(11)4-14-5-9(10)13/h4-5,7H,6,13H2,1-2H3. The number of nitrogens with zero attached hydrogens (tertiary/aromatic N) is 3. The molecule has 2 N–H and O–H groups in total. The second-order valence-electron chi connectivity index (χ2n) is 3.47. The third kappa shape index (κ3) is 2.83. The van der Waals surface area contributed by atoms with Gasteiger partial charge in [0, 0.05) is 19.8 Å². The van der Waals surface area contributed by atoms with Gasteiger partial charge >= 0.3 is 0 Å². The first-order valence-corrected chi connectivity index (χ1v) is 5.35. The molecule has 0 aliphatic rings. The summed E-state index contributed by atoms with van der Waals surface area (Å²) in [5, 5.41) is 8.74. The number of anilines is 2. The first-order chi connectivity index (χ1) is 7.06. The van der Waals surface area contributed by atoms with E-state index >= 15 is 0 Å². The Bertz CT molecular complexity index is 365. The minimum absolute atomic E-state index is 0.0329. The van der Waals surface area contributed by atoms with Crippen LogP contribution in [-0.2, 0) is 0 Å². The van der Waals surface area contributed by atoms with Crippen LogP contribution in [0.5, 0.6) is 0 Å². The quantitative estimate of drug-likeness (QED) is 0.911. The lowest BCUT2D eigenvalue weighted by Gasteiger charge is -2.22. The fraction of sp³-hybridized carbons (Fsp3) is 0.400. The van der Waals surface area contributed by atoms with Gasteiger partial charge in [-0.15, -0.1) is 0 Å². The Morgan fingerprint density at radius 2 is 2.33 bits per heavy atom. The van der Waals surface area contributed by atoms with Gasteiger partial charge in [0.15, 0.2) is 0 Å². The Morgan fingerprint density at radius 1 is 1.67 bits per heavy atom. The fourth-order valence-electron chi connectivity index (χ4n) is 1.39. The molecule has 5 heteroatoms. The number of nitriles is 1. The molecule has 0 saturated carbocycles. The van der Waals surface area contributed by atoms with Crippen LogP contribution in [0.25, 0.3) is 0 Å². The molecule has 1 unspecified atom stereocenters. The maximum absolute atomic E-state index is 8.74. The molecular formula is C10H13BrN4. The summed E-state index contributed by atoms with van der Waals surface area (Å²) in [4.78, 5) is 5.92. The maximum Gasteiger partial charge on any atom is 0.0773 e. The van der Waals surface area contributed by atoms with E-state index in [1.165, 1.54) is 0 Å². The molecule has 80 valence electrons. The molecule has 1 aromatic rings. The summed E-state index contributed by atoms with van der Waals surface area (Å²) in [7, 11) is 1.91. The lowest BCUT2D eigenvalue weighted by Crippen LogP contribution is -2.24. The third-order valence-corrected chi connectivity index (χ3v) is 2.63. The molecule has 0 bridgehead atoms. The molecule has 1 heterocycles. The average Bonchev–Trinajstić information content (AvgIpc) is 2.17. The summed E-state index contributed by atoms with van der Waals surface area (Å²) in [6.45, 7) is 2.52. The van der Waals surface area contributed by atoms with Gasteiger partial charge < -0.3 is 10.6 Å². The molecule has 0 spiro atoms. The van der Waals surface area contributed by atoms with Crippen LogP contribution in [0.15, 0.2) is 16.9 Å². The molecule has 0 amide bonds. The number of hydrogen-bond acceptors (Lipinski definition) is 4. The summed E-state index contributed by atoms with van der Waals surface area (Å²) >= 11 is 3.39. The van der Waals surface area contributed by atoms with Crippen LogP contribution in [0.3, 0.4) is 0 Å². The summed E-state index contributed by atoms with van der Waals surface area (Å²) in [6, 6.07) is 2.19. The molecule has 0 aromatic carbocycles. The van der Waals surface area contributed by atoms with Crippen LogP contribution in [-0.4, -0.2) is 18.6 Å². The summed E-state index contributed by atoms with van der Waals surface area (Å²) in [6.07, 6.45) is 3.30. The normalized spacial score (nSPS) is 11.9. The van der Waals surface area contributed by atoms with Gasteiger partial charge in [0.2, 0.25) is 0 Å². The summed E-state index contributed by atoms with van der Waals surface area (Å²) in [5.74, 6) is -0.0329. The first kappa shape index (κ1) is 11.8. The van der Waals surface area contributed by atoms with Crippen molar-refractivity contribution in [2.24, 2.45) is 5.92 Å². The van der Waals surface area contributed by atoms with Crippen molar-refractivity contribution in [2.45, 2.75) is 6.92 Å². The molecule has 1 rings (SSSR count). The molecular weight excluding hydrogens is 256 g/mol. The van der Waals surface area contributed by atoms with Crippen LogP contribution in [0.4, 0.5) is 11.4 Å². The molecule has 0 aliphatic carbocycles. The second kappa shape index (κ2) is 4.99. The minimum Gasteiger partial charge on any atom is -0.396 e. The zero-order valence-corrected chi connectivity index (χ0v) is 10.3. The first-order valence-electron chi connectivity index (χ1n) is 4.56. The SMILES string of the molecule is CC(C#N)CN(C)c1c(N)cncc1Br. The van der Waals surface area contributed by atoms with Crippen molar-refractivity contribution in [3.63, 3.8) is 0 Å². The van der Waals surface area contributed by atoms with Gasteiger partial charge in [0.1, 0.15) is 0 Å². The van der Waals surface area contributed by atoms with Gasteiger partial charge in [0.25, 0.3) is 0 Å². The minimum atomic E-state index is -0.0329. The van der Waals surface area contributed by atoms with E-state index in [0.717, 1.165) is 10.2 Å². The van der Waals surface area contributed by atoms with E-state index < -0.39 is 0 Å². The molecule has 1 aromatic heterocycles. The molecule has 4 nitrogen and oxygen atoms in total. The van der Waals surface area contributed by atoms with E-state index in [2.05, 4.69) is 27.0 Å². The highest BCUT2D eigenvalue weighted by Crippen LogP contribution is 2.30. The van der Waals surface area contributed by atoms with E-state index in [1.54, 1.807) is 12.4 Å². The van der Waals surface area contributed by atoms with Crippen LogP contribution in [0.2, 0.25) is 0 Å². The number of nitrogens with two attached hydrogens (primary N) is 1. The molecule has 15 heavy (non-hydrogen) atoms. The predicted molar refractivity (Wildman–Crippen MR) is 64.4 cm³/mol. The molecule has 0 radical (unpaired) electrons. The Hall–Kier alpha value is -1.28. The van der Waals surface area contributed by atoms with E-state index in [4.69, 9.17) is 11.0 Å². The van der Waals surface area contributed by atoms with Crippen molar-refractivity contribution in [1.29, 1.82) is 5.26 Å². The van der Waals surface area contributed by atoms with Gasteiger partial charge in [-0.05, 0) is 22.9 Å². The van der Waals surface area contributed by atoms with Crippen LogP contribution >= 0.6 is 15.9 Å². The smallest absolute Gasteiger partial charge is 0.0773 e. The van der Waals surface area contributed by atoms with E-state index in [0.29, 0.717) is 12.2 Å². The van der Waals surface area contributed by atoms with Gasteiger partial charge in [-0.25, -0.2) is 0 Å². The third-order valence-electron chi connectivity index (χ3n) is 2.05. The van der Waals surface area contributed by atoms with E-state index in [1.807, 2.05) is 18.9 Å². The van der Waals surface area contributed by atoms with E-state index in [-0.39, 0.29) is 5.92 Å². The van der Waals surface area contributed by atoms with Gasteiger partial charge in [-0.3, -0.25) is 4.98 Å². The molecule has 0 fully saturated rings. The van der Waals surface area contributed by atoms with Crippen molar-refractivity contribution in [1.82, 2.24) is 4.98 Å². The number of pyridine rings is 1. The molecule has 0 saturated heterocycles. The molecule has 0 aliphatic heterocycles. The lowest BCUT2D eigenvalue weighted by molar-refractivity contribution is 0.716. The van der Waals surface area contributed by atoms with Crippen LogP contribution in [0.1, 0.15) is 6.92 Å². The Labute approximate surface area is 97.8 Å². The molecule has 1 atom stereocenters. The number of hydrogen-bond donors (Lipinski definition) is 1. The van der Waals surface area contributed by atoms with Crippen molar-refractivity contribution in [2.75, 3.05) is 24.2 Å². The van der Waals surface area contributed by atoms with Crippen molar-refractivity contribution >= 4 is 27.3 Å². The van der Waals surface area contributed by atoms with Crippen molar-refractivity contribution in [3.05, 3.63) is 16.9 Å². The highest BCUT2D eigenvalue weighted by Gasteiger charge is 2.12. The second-order valence-corrected chi connectivity index (χ2v) is 4.32. The zero-order valence-electron chi connectivity index (χ0n) is 8.74. The highest BCUT2D eigenvalue weighted by atomic mass is 79.9. The van der Waals surface area contributed by atoms with Crippen LogP contribution in [0, 0.1) is 17.2 Å². The largest absolute Gasteiger partial charge is 0.396 e. The van der Waals surface area contributed by atoms with Gasteiger partial charge in [0.05, 0.1) is 34.0 Å². The van der Waals surface area contributed by atoms with Crippen molar-refractivity contribution in [3.8, 4) is 6.07 Å². The summed E-state index contributed by atoms with van der Waals surface area (Å²) < 4.78 is 0.843. The van der Waals surface area contributed by atoms with Crippen LogP contribution < -0.4 is 10.6 Å². The van der Waals surface area contributed by atoms with Crippen molar-refractivity contribution < 1.29 is 0 Å². The summed E-state index contributed by atoms with van der Waals surface area (Å²) in [5.41, 5.74) is 7.31. The predicted octanol–water partition coefficient (Wildman–Crippen LogP) is 2.02. The number of halogens is 1. The Kier molecular flexibility index (Phi) is 3.92. The average molecular weight is 269 g/mol. The number of aromatic nitrogens is 1. The number of rotatable bonds is 3. The van der Waals surface area contributed by atoms with Gasteiger partial charge in [-0.2, -0.15) is 5.26 Å². The maximum atomic E-state index is 8.74. The highest BCUT2D eigenvalue weighted by molar-refractivity contribution is 9.10. The lowest BCUT2D eigenvalue weighted by atomic mass is 10.2. The fourth-order valence-corrected chi connectivity index (χ4v) is 2.04. The van der Waals surface area contributed by atoms with E-state index in [9.17, 15) is 0 Å². The number of nitrogen functional groups attached to an aromatic ring is 1. The Balaban J connectivity index is 2.91. The zero-order chi connectivity index (χ0) is 11.4. The monoisotopic (exact) mass is 268 g/mol. The Morgan fingerprint density at radius 3 is 2.87 bits per heavy atom.